The molecule has 90 valence electrons. The van der Waals surface area contributed by atoms with Crippen molar-refractivity contribution >= 4 is 0 Å². The first-order valence-corrected chi connectivity index (χ1v) is 5.49. The van der Waals surface area contributed by atoms with Crippen molar-refractivity contribution in [3.8, 4) is 11.8 Å². The number of ether oxygens (including phenoxy) is 1. The van der Waals surface area contributed by atoms with E-state index in [0.717, 1.165) is 11.3 Å². The van der Waals surface area contributed by atoms with Crippen LogP contribution in [0.5, 0.6) is 5.75 Å². The highest BCUT2D eigenvalue weighted by atomic mass is 16.5. The molecule has 0 fully saturated rings. The Hall–Kier alpha value is -2.54. The summed E-state index contributed by atoms with van der Waals surface area (Å²) >= 11 is 0. The smallest absolute Gasteiger partial charge is 0.266 e. The van der Waals surface area contributed by atoms with Crippen molar-refractivity contribution in [3.05, 3.63) is 63.6 Å². The van der Waals surface area contributed by atoms with Crippen LogP contribution >= 0.6 is 0 Å². The number of hydrogen-bond acceptors (Lipinski definition) is 3. The Labute approximate surface area is 104 Å². The fraction of sp³-hybridized carbons (Fsp3) is 0.143. The lowest BCUT2D eigenvalue weighted by Gasteiger charge is -2.08. The zero-order chi connectivity index (χ0) is 13.0. The van der Waals surface area contributed by atoms with Crippen molar-refractivity contribution in [2.24, 2.45) is 0 Å². The van der Waals surface area contributed by atoms with Gasteiger partial charge in [0.05, 0.1) is 7.11 Å². The van der Waals surface area contributed by atoms with E-state index >= 15 is 0 Å². The number of para-hydroxylation sites is 1. The number of H-pyrrole nitrogens is 1. The van der Waals surface area contributed by atoms with E-state index in [-0.39, 0.29) is 11.1 Å². The summed E-state index contributed by atoms with van der Waals surface area (Å²) in [4.78, 5) is 14.0. The molecule has 4 nitrogen and oxygen atoms in total. The molecule has 2 aromatic rings. The van der Waals surface area contributed by atoms with Crippen molar-refractivity contribution in [1.82, 2.24) is 4.98 Å². The molecule has 1 aromatic heterocycles. The van der Waals surface area contributed by atoms with Gasteiger partial charge in [0, 0.05) is 12.6 Å². The molecule has 0 aliphatic carbocycles. The molecule has 0 saturated carbocycles. The second-order valence-electron chi connectivity index (χ2n) is 3.81. The highest BCUT2D eigenvalue weighted by Crippen LogP contribution is 2.21. The number of benzene rings is 1. The fourth-order valence-electron chi connectivity index (χ4n) is 1.84. The molecule has 0 atom stereocenters. The van der Waals surface area contributed by atoms with Crippen molar-refractivity contribution in [1.29, 1.82) is 5.26 Å². The molecule has 0 bridgehead atoms. The summed E-state index contributed by atoms with van der Waals surface area (Å²) in [6.07, 6.45) is 2.05. The van der Waals surface area contributed by atoms with E-state index in [1.165, 1.54) is 0 Å². The van der Waals surface area contributed by atoms with Gasteiger partial charge in [0.2, 0.25) is 0 Å². The number of rotatable bonds is 3. The van der Waals surface area contributed by atoms with E-state index < -0.39 is 0 Å². The largest absolute Gasteiger partial charge is 0.496 e. The van der Waals surface area contributed by atoms with Crippen LogP contribution in [-0.2, 0) is 6.42 Å². The van der Waals surface area contributed by atoms with Crippen LogP contribution in [0.1, 0.15) is 16.7 Å². The lowest BCUT2D eigenvalue weighted by molar-refractivity contribution is 0.410. The molecule has 4 heteroatoms. The molecule has 0 aliphatic heterocycles. The summed E-state index contributed by atoms with van der Waals surface area (Å²) in [6, 6.07) is 11.2. The minimum Gasteiger partial charge on any atom is -0.496 e. The minimum atomic E-state index is -0.357. The summed E-state index contributed by atoms with van der Waals surface area (Å²) in [6.45, 7) is 0. The van der Waals surface area contributed by atoms with E-state index in [1.54, 1.807) is 19.4 Å². The first-order chi connectivity index (χ1) is 8.76. The molecule has 0 aliphatic rings. The van der Waals surface area contributed by atoms with Crippen LogP contribution in [0.2, 0.25) is 0 Å². The van der Waals surface area contributed by atoms with Crippen LogP contribution in [0.3, 0.4) is 0 Å². The van der Waals surface area contributed by atoms with Gasteiger partial charge in [-0.3, -0.25) is 4.79 Å². The summed E-state index contributed by atoms with van der Waals surface area (Å²) in [5.41, 5.74) is 1.45. The summed E-state index contributed by atoms with van der Waals surface area (Å²) < 4.78 is 5.25. The molecule has 0 unspecified atom stereocenters. The molecule has 18 heavy (non-hydrogen) atoms. The van der Waals surface area contributed by atoms with Gasteiger partial charge < -0.3 is 9.72 Å². The SMILES string of the molecule is COc1ccccc1Cc1cc[nH]c(=O)c1C#N. The average Bonchev–Trinajstić information content (AvgIpc) is 2.40. The van der Waals surface area contributed by atoms with Crippen molar-refractivity contribution in [3.63, 3.8) is 0 Å². The van der Waals surface area contributed by atoms with Crippen molar-refractivity contribution < 1.29 is 4.74 Å². The van der Waals surface area contributed by atoms with Crippen LogP contribution in [0, 0.1) is 11.3 Å². The third-order valence-corrected chi connectivity index (χ3v) is 2.73. The Bertz CT molecular complexity index is 653. The molecule has 0 saturated heterocycles. The molecule has 0 radical (unpaired) electrons. The molecule has 1 N–H and O–H groups in total. The summed E-state index contributed by atoms with van der Waals surface area (Å²) in [5.74, 6) is 0.752. The van der Waals surface area contributed by atoms with Gasteiger partial charge >= 0.3 is 0 Å². The number of aromatic nitrogens is 1. The van der Waals surface area contributed by atoms with Gasteiger partial charge in [0.25, 0.3) is 5.56 Å². The number of hydrogen-bond donors (Lipinski definition) is 1. The molecule has 1 aromatic carbocycles. The molecular formula is C14H12N2O2. The van der Waals surface area contributed by atoms with Gasteiger partial charge in [-0.05, 0) is 23.3 Å². The Morgan fingerprint density at radius 2 is 2.06 bits per heavy atom. The Balaban J connectivity index is 2.44. The number of nitrogens with zero attached hydrogens (tertiary/aromatic N) is 1. The lowest BCUT2D eigenvalue weighted by Crippen LogP contribution is -2.12. The van der Waals surface area contributed by atoms with E-state index in [4.69, 9.17) is 10.00 Å². The average molecular weight is 240 g/mol. The number of nitriles is 1. The number of pyridine rings is 1. The van der Waals surface area contributed by atoms with Crippen LogP contribution in [0.4, 0.5) is 0 Å². The summed E-state index contributed by atoms with van der Waals surface area (Å²) in [7, 11) is 1.60. The van der Waals surface area contributed by atoms with Crippen molar-refractivity contribution in [2.75, 3.05) is 7.11 Å². The number of methoxy groups -OCH3 is 1. The third-order valence-electron chi connectivity index (χ3n) is 2.73. The lowest BCUT2D eigenvalue weighted by atomic mass is 10.0. The Morgan fingerprint density at radius 1 is 1.28 bits per heavy atom. The number of aromatic amines is 1. The van der Waals surface area contributed by atoms with Gasteiger partial charge in [-0.15, -0.1) is 0 Å². The Kier molecular flexibility index (Phi) is 3.44. The highest BCUT2D eigenvalue weighted by Gasteiger charge is 2.09. The molecule has 1 heterocycles. The van der Waals surface area contributed by atoms with Crippen LogP contribution in [-0.4, -0.2) is 12.1 Å². The van der Waals surface area contributed by atoms with E-state index in [1.807, 2.05) is 30.3 Å². The quantitative estimate of drug-likeness (QED) is 0.890. The monoisotopic (exact) mass is 240 g/mol. The predicted molar refractivity (Wildman–Crippen MR) is 67.6 cm³/mol. The first kappa shape index (κ1) is 11.9. The molecule has 0 amide bonds. The predicted octanol–water partition coefficient (Wildman–Crippen LogP) is 1.85. The van der Waals surface area contributed by atoms with Gasteiger partial charge in [0.15, 0.2) is 0 Å². The maximum absolute atomic E-state index is 11.5. The second kappa shape index (κ2) is 5.19. The number of nitrogens with one attached hydrogen (secondary N) is 1. The van der Waals surface area contributed by atoms with Gasteiger partial charge in [-0.1, -0.05) is 18.2 Å². The topological polar surface area (TPSA) is 65.9 Å². The molecule has 2 rings (SSSR count). The zero-order valence-corrected chi connectivity index (χ0v) is 9.93. The standard InChI is InChI=1S/C14H12N2O2/c1-18-13-5-3-2-4-11(13)8-10-6-7-16-14(17)12(10)9-15/h2-7H,8H2,1H3,(H,16,17). The first-order valence-electron chi connectivity index (χ1n) is 5.49. The van der Waals surface area contributed by atoms with Crippen LogP contribution in [0.15, 0.2) is 41.3 Å². The summed E-state index contributed by atoms with van der Waals surface area (Å²) in [5, 5.41) is 9.00. The maximum atomic E-state index is 11.5. The molecular weight excluding hydrogens is 228 g/mol. The van der Waals surface area contributed by atoms with E-state index in [0.29, 0.717) is 12.0 Å². The van der Waals surface area contributed by atoms with E-state index in [2.05, 4.69) is 4.98 Å². The normalized spacial score (nSPS) is 9.78. The highest BCUT2D eigenvalue weighted by molar-refractivity contribution is 5.42. The van der Waals surface area contributed by atoms with Gasteiger partial charge in [-0.2, -0.15) is 5.26 Å². The van der Waals surface area contributed by atoms with Gasteiger partial charge in [-0.25, -0.2) is 0 Å². The Morgan fingerprint density at radius 3 is 2.78 bits per heavy atom. The molecule has 0 spiro atoms. The second-order valence-corrected chi connectivity index (χ2v) is 3.81. The van der Waals surface area contributed by atoms with E-state index in [9.17, 15) is 4.79 Å². The minimum absolute atomic E-state index is 0.156. The van der Waals surface area contributed by atoms with Crippen LogP contribution < -0.4 is 10.3 Å². The zero-order valence-electron chi connectivity index (χ0n) is 9.93. The van der Waals surface area contributed by atoms with Gasteiger partial charge in [0.1, 0.15) is 17.4 Å². The fourth-order valence-corrected chi connectivity index (χ4v) is 1.84. The van der Waals surface area contributed by atoms with Crippen molar-refractivity contribution in [2.45, 2.75) is 6.42 Å². The third kappa shape index (κ3) is 2.25. The van der Waals surface area contributed by atoms with Crippen LogP contribution in [0.25, 0.3) is 0 Å². The maximum Gasteiger partial charge on any atom is 0.266 e.